The fourth-order valence-electron chi connectivity index (χ4n) is 2.92. The first kappa shape index (κ1) is 17.2. The number of hydrogen-bond acceptors (Lipinski definition) is 4. The zero-order valence-electron chi connectivity index (χ0n) is 14.4. The van der Waals surface area contributed by atoms with E-state index in [4.69, 9.17) is 4.74 Å². The Balaban J connectivity index is 2.08. The number of nitriles is 1. The molecule has 1 N–H and O–H groups in total. The van der Waals surface area contributed by atoms with Crippen LogP contribution in [0.3, 0.4) is 0 Å². The van der Waals surface area contributed by atoms with Crippen LogP contribution in [-0.4, -0.2) is 27.5 Å². The lowest BCUT2D eigenvalue weighted by Crippen LogP contribution is -2.06. The first-order valence-electron chi connectivity index (χ1n) is 8.09. The van der Waals surface area contributed by atoms with Gasteiger partial charge in [-0.25, -0.2) is 4.79 Å². The summed E-state index contributed by atoms with van der Waals surface area (Å²) < 4.78 is 6.88. The van der Waals surface area contributed by atoms with Crippen molar-refractivity contribution in [2.24, 2.45) is 7.05 Å². The third kappa shape index (κ3) is 3.03. The summed E-state index contributed by atoms with van der Waals surface area (Å²) in [7, 11) is 1.51. The minimum Gasteiger partial charge on any atom is -0.493 e. The van der Waals surface area contributed by atoms with Crippen molar-refractivity contribution < 1.29 is 14.6 Å². The van der Waals surface area contributed by atoms with Crippen LogP contribution >= 0.6 is 0 Å². The van der Waals surface area contributed by atoms with Crippen LogP contribution in [0.25, 0.3) is 22.3 Å². The lowest BCUT2D eigenvalue weighted by Gasteiger charge is -2.11. The number of rotatable bonds is 5. The summed E-state index contributed by atoms with van der Waals surface area (Å²) in [4.78, 5) is 11.6. The Morgan fingerprint density at radius 1 is 1.19 bits per heavy atom. The van der Waals surface area contributed by atoms with Gasteiger partial charge in [0.2, 0.25) is 0 Å². The zero-order chi connectivity index (χ0) is 18.7. The predicted molar refractivity (Wildman–Crippen MR) is 96.9 cm³/mol. The Labute approximate surface area is 150 Å². The molecular weight excluding hydrogens is 330 g/mol. The molecule has 0 fully saturated rings. The fourth-order valence-corrected chi connectivity index (χ4v) is 2.92. The SMILES string of the molecule is CCOc1ccccc1-c1ccc(-c2c(C#N)nn(C)c2C(=O)O)cc1. The number of aryl methyl sites for hydroxylation is 1. The van der Waals surface area contributed by atoms with Crippen molar-refractivity contribution in [1.82, 2.24) is 9.78 Å². The van der Waals surface area contributed by atoms with Gasteiger partial charge in [0.15, 0.2) is 11.4 Å². The molecule has 0 radical (unpaired) electrons. The van der Waals surface area contributed by atoms with E-state index in [-0.39, 0.29) is 11.4 Å². The molecule has 3 aromatic rings. The summed E-state index contributed by atoms with van der Waals surface area (Å²) in [5, 5.41) is 22.8. The molecule has 0 amide bonds. The number of benzene rings is 2. The number of carboxylic acids is 1. The van der Waals surface area contributed by atoms with Gasteiger partial charge in [-0.15, -0.1) is 0 Å². The molecule has 0 saturated carbocycles. The van der Waals surface area contributed by atoms with Crippen molar-refractivity contribution in [3.05, 3.63) is 59.9 Å². The van der Waals surface area contributed by atoms with Gasteiger partial charge in [-0.1, -0.05) is 42.5 Å². The van der Waals surface area contributed by atoms with Gasteiger partial charge in [0.1, 0.15) is 11.8 Å². The quantitative estimate of drug-likeness (QED) is 0.760. The first-order valence-corrected chi connectivity index (χ1v) is 8.09. The average molecular weight is 347 g/mol. The molecule has 3 rings (SSSR count). The van der Waals surface area contributed by atoms with Crippen LogP contribution in [0.4, 0.5) is 0 Å². The Kier molecular flexibility index (Phi) is 4.72. The molecule has 6 heteroatoms. The van der Waals surface area contributed by atoms with Crippen LogP contribution in [0.2, 0.25) is 0 Å². The molecule has 0 aliphatic heterocycles. The average Bonchev–Trinajstić information content (AvgIpc) is 2.99. The first-order chi connectivity index (χ1) is 12.6. The topological polar surface area (TPSA) is 88.1 Å². The van der Waals surface area contributed by atoms with Crippen LogP contribution in [-0.2, 0) is 7.05 Å². The number of aromatic nitrogens is 2. The minimum atomic E-state index is -1.12. The van der Waals surface area contributed by atoms with E-state index in [0.29, 0.717) is 17.7 Å². The summed E-state index contributed by atoms with van der Waals surface area (Å²) in [6.45, 7) is 2.50. The lowest BCUT2D eigenvalue weighted by molar-refractivity contribution is 0.0686. The maximum Gasteiger partial charge on any atom is 0.354 e. The van der Waals surface area contributed by atoms with E-state index in [2.05, 4.69) is 5.10 Å². The fraction of sp³-hybridized carbons (Fsp3) is 0.150. The molecule has 0 bridgehead atoms. The summed E-state index contributed by atoms with van der Waals surface area (Å²) in [5.41, 5.74) is 2.93. The van der Waals surface area contributed by atoms with Crippen LogP contribution in [0.5, 0.6) is 5.75 Å². The predicted octanol–water partition coefficient (Wildman–Crippen LogP) is 3.72. The van der Waals surface area contributed by atoms with Crippen LogP contribution in [0.15, 0.2) is 48.5 Å². The van der Waals surface area contributed by atoms with Gasteiger partial charge in [-0.2, -0.15) is 10.4 Å². The Bertz CT molecular complexity index is 998. The molecule has 0 aliphatic rings. The number of carboxylic acid groups (broad SMARTS) is 1. The van der Waals surface area contributed by atoms with E-state index in [1.807, 2.05) is 49.4 Å². The molecule has 0 unspecified atom stereocenters. The second-order valence-electron chi connectivity index (χ2n) is 5.62. The Hall–Kier alpha value is -3.59. The van der Waals surface area contributed by atoms with Crippen LogP contribution in [0.1, 0.15) is 23.1 Å². The second kappa shape index (κ2) is 7.11. The van der Waals surface area contributed by atoms with Gasteiger partial charge < -0.3 is 9.84 Å². The molecule has 1 heterocycles. The summed E-state index contributed by atoms with van der Waals surface area (Å²) >= 11 is 0. The van der Waals surface area contributed by atoms with E-state index in [1.165, 1.54) is 11.7 Å². The van der Waals surface area contributed by atoms with Crippen molar-refractivity contribution in [2.45, 2.75) is 6.92 Å². The van der Waals surface area contributed by atoms with Gasteiger partial charge in [-0.3, -0.25) is 4.68 Å². The normalized spacial score (nSPS) is 10.3. The van der Waals surface area contributed by atoms with Gasteiger partial charge in [0, 0.05) is 12.6 Å². The van der Waals surface area contributed by atoms with E-state index in [1.54, 1.807) is 12.1 Å². The third-order valence-electron chi connectivity index (χ3n) is 4.03. The minimum absolute atomic E-state index is 0.0102. The summed E-state index contributed by atoms with van der Waals surface area (Å²) in [6.07, 6.45) is 0. The Morgan fingerprint density at radius 3 is 2.46 bits per heavy atom. The highest BCUT2D eigenvalue weighted by atomic mass is 16.5. The molecule has 2 aromatic carbocycles. The second-order valence-corrected chi connectivity index (χ2v) is 5.62. The molecule has 0 spiro atoms. The Morgan fingerprint density at radius 2 is 1.85 bits per heavy atom. The van der Waals surface area contributed by atoms with E-state index in [9.17, 15) is 15.2 Å². The smallest absolute Gasteiger partial charge is 0.354 e. The molecule has 0 saturated heterocycles. The van der Waals surface area contributed by atoms with E-state index in [0.717, 1.165) is 16.9 Å². The number of hydrogen-bond donors (Lipinski definition) is 1. The van der Waals surface area contributed by atoms with Gasteiger partial charge in [0.05, 0.1) is 12.2 Å². The number of para-hydroxylation sites is 1. The highest BCUT2D eigenvalue weighted by Crippen LogP contribution is 2.33. The highest BCUT2D eigenvalue weighted by Gasteiger charge is 2.23. The van der Waals surface area contributed by atoms with Crippen molar-refractivity contribution >= 4 is 5.97 Å². The monoisotopic (exact) mass is 347 g/mol. The van der Waals surface area contributed by atoms with E-state index >= 15 is 0 Å². The number of aromatic carboxylic acids is 1. The summed E-state index contributed by atoms with van der Waals surface area (Å²) in [6, 6.07) is 17.0. The van der Waals surface area contributed by atoms with Gasteiger partial charge in [0.25, 0.3) is 0 Å². The molecular formula is C20H17N3O3. The van der Waals surface area contributed by atoms with Gasteiger partial charge >= 0.3 is 5.97 Å². The van der Waals surface area contributed by atoms with Crippen LogP contribution in [0, 0.1) is 11.3 Å². The lowest BCUT2D eigenvalue weighted by atomic mass is 9.98. The maximum absolute atomic E-state index is 11.6. The van der Waals surface area contributed by atoms with E-state index < -0.39 is 5.97 Å². The molecule has 0 atom stereocenters. The van der Waals surface area contributed by atoms with Crippen molar-refractivity contribution in [2.75, 3.05) is 6.61 Å². The number of ether oxygens (including phenoxy) is 1. The standard InChI is InChI=1S/C20H17N3O3/c1-3-26-17-7-5-4-6-15(17)13-8-10-14(11-9-13)18-16(12-21)22-23(2)19(18)20(24)25/h4-11H,3H2,1-2H3,(H,24,25). The van der Waals surface area contributed by atoms with Gasteiger partial charge in [-0.05, 0) is 24.1 Å². The highest BCUT2D eigenvalue weighted by molar-refractivity contribution is 5.96. The number of nitrogens with zero attached hydrogens (tertiary/aromatic N) is 3. The molecule has 6 nitrogen and oxygen atoms in total. The summed E-state index contributed by atoms with van der Waals surface area (Å²) in [5.74, 6) is -0.338. The maximum atomic E-state index is 11.6. The van der Waals surface area contributed by atoms with Crippen LogP contribution < -0.4 is 4.74 Å². The molecule has 130 valence electrons. The van der Waals surface area contributed by atoms with Crippen molar-refractivity contribution in [3.63, 3.8) is 0 Å². The number of carbonyl (C=O) groups is 1. The molecule has 26 heavy (non-hydrogen) atoms. The van der Waals surface area contributed by atoms with Crippen molar-refractivity contribution in [3.8, 4) is 34.1 Å². The molecule has 0 aliphatic carbocycles. The largest absolute Gasteiger partial charge is 0.493 e. The van der Waals surface area contributed by atoms with Crippen molar-refractivity contribution in [1.29, 1.82) is 5.26 Å². The third-order valence-corrected chi connectivity index (χ3v) is 4.03. The zero-order valence-corrected chi connectivity index (χ0v) is 14.4. The molecule has 1 aromatic heterocycles.